The third kappa shape index (κ3) is 6.45. The predicted octanol–water partition coefficient (Wildman–Crippen LogP) is 10.8. The lowest BCUT2D eigenvalue weighted by Crippen LogP contribution is -2.15. The van der Waals surface area contributed by atoms with Crippen LogP contribution < -0.4 is 0 Å². The monoisotopic (exact) mass is 642 g/mol. The molecular weight excluding hydrogens is 605 g/mol. The number of hydrogen-bond donors (Lipinski definition) is 0. The van der Waals surface area contributed by atoms with Gasteiger partial charge in [0, 0.05) is 20.6 Å². The van der Waals surface area contributed by atoms with Gasteiger partial charge in [0.05, 0.1) is 4.90 Å². The molecule has 0 unspecified atom stereocenters. The van der Waals surface area contributed by atoms with Crippen molar-refractivity contribution in [2.24, 2.45) is 0 Å². The lowest BCUT2D eigenvalue weighted by molar-refractivity contribution is 0.508. The number of benzene rings is 6. The van der Waals surface area contributed by atoms with Crippen LogP contribution in [0.15, 0.2) is 189 Å². The standard InChI is InChI=1S/C41H38O3S2/c1-41(2,3)35-26-30-38(31-27-35)45(36-20-12-6-13-21-36,37-22-14-7-15-23-37)44-46(42,43)39-28-24-34(25-29-39)40(32-16-8-4-9-17-32)33-18-10-5-11-19-33/h4-31,40H,1-3H3. The number of rotatable bonds is 9. The second-order valence-electron chi connectivity index (χ2n) is 12.3. The van der Waals surface area contributed by atoms with Crippen molar-refractivity contribution < 1.29 is 12.0 Å². The first-order valence-corrected chi connectivity index (χ1v) is 18.4. The van der Waals surface area contributed by atoms with Gasteiger partial charge in [0.1, 0.15) is 0 Å². The summed E-state index contributed by atoms with van der Waals surface area (Å²) in [6.07, 6.45) is 0. The zero-order chi connectivity index (χ0) is 32.2. The average Bonchev–Trinajstić information content (AvgIpc) is 3.09. The minimum absolute atomic E-state index is 0.0419. The van der Waals surface area contributed by atoms with Gasteiger partial charge < -0.3 is 0 Å². The Morgan fingerprint density at radius 3 is 1.20 bits per heavy atom. The van der Waals surface area contributed by atoms with E-state index in [4.69, 9.17) is 3.63 Å². The van der Waals surface area contributed by atoms with Crippen molar-refractivity contribution in [1.29, 1.82) is 0 Å². The van der Waals surface area contributed by atoms with E-state index in [1.807, 2.05) is 121 Å². The highest BCUT2D eigenvalue weighted by Crippen LogP contribution is 2.70. The number of hydrogen-bond acceptors (Lipinski definition) is 3. The highest BCUT2D eigenvalue weighted by Gasteiger charge is 2.38. The van der Waals surface area contributed by atoms with Crippen LogP contribution in [0.1, 0.15) is 48.9 Å². The molecule has 0 N–H and O–H groups in total. The van der Waals surface area contributed by atoms with E-state index in [0.717, 1.165) is 36.9 Å². The quantitative estimate of drug-likeness (QED) is 0.147. The van der Waals surface area contributed by atoms with E-state index in [1.165, 1.54) is 0 Å². The minimum atomic E-state index is -4.24. The highest BCUT2D eigenvalue weighted by atomic mass is 32.3. The first-order chi connectivity index (χ1) is 22.2. The van der Waals surface area contributed by atoms with Crippen LogP contribution in [-0.2, 0) is 19.2 Å². The van der Waals surface area contributed by atoms with Crippen molar-refractivity contribution in [3.8, 4) is 0 Å². The van der Waals surface area contributed by atoms with Crippen molar-refractivity contribution >= 4 is 20.4 Å². The van der Waals surface area contributed by atoms with Gasteiger partial charge in [-0.1, -0.05) is 142 Å². The molecule has 0 heterocycles. The van der Waals surface area contributed by atoms with Crippen LogP contribution >= 0.6 is 10.3 Å². The summed E-state index contributed by atoms with van der Waals surface area (Å²) in [6.45, 7) is 6.50. The van der Waals surface area contributed by atoms with E-state index in [1.54, 1.807) is 12.1 Å². The third-order valence-electron chi connectivity index (χ3n) is 8.16. The lowest BCUT2D eigenvalue weighted by atomic mass is 9.85. The molecule has 6 aromatic rings. The Morgan fingerprint density at radius 1 is 0.435 bits per heavy atom. The normalized spacial score (nSPS) is 12.6. The van der Waals surface area contributed by atoms with Gasteiger partial charge >= 0.3 is 10.1 Å². The predicted molar refractivity (Wildman–Crippen MR) is 189 cm³/mol. The Kier molecular flexibility index (Phi) is 9.01. The van der Waals surface area contributed by atoms with Gasteiger partial charge in [0.25, 0.3) is 0 Å². The van der Waals surface area contributed by atoms with Crippen LogP contribution in [0.5, 0.6) is 0 Å². The topological polar surface area (TPSA) is 43.4 Å². The molecule has 0 radical (unpaired) electrons. The van der Waals surface area contributed by atoms with Crippen LogP contribution in [0.2, 0.25) is 0 Å². The molecular formula is C41H38O3S2. The van der Waals surface area contributed by atoms with Crippen LogP contribution in [0.3, 0.4) is 0 Å². The summed E-state index contributed by atoms with van der Waals surface area (Å²) in [5, 5.41) is 0. The van der Waals surface area contributed by atoms with E-state index in [2.05, 4.69) is 57.2 Å². The fraction of sp³-hybridized carbons (Fsp3) is 0.122. The van der Waals surface area contributed by atoms with Gasteiger partial charge in [-0.15, -0.1) is 0 Å². The molecule has 6 aromatic carbocycles. The van der Waals surface area contributed by atoms with Crippen molar-refractivity contribution in [3.05, 3.63) is 192 Å². The first-order valence-electron chi connectivity index (χ1n) is 15.4. The van der Waals surface area contributed by atoms with Crippen LogP contribution in [0, 0.1) is 0 Å². The van der Waals surface area contributed by atoms with Crippen molar-refractivity contribution in [2.45, 2.75) is 51.7 Å². The molecule has 0 aliphatic heterocycles. The molecule has 0 saturated heterocycles. The third-order valence-corrected chi connectivity index (χ3v) is 13.4. The van der Waals surface area contributed by atoms with E-state index in [-0.39, 0.29) is 16.2 Å². The van der Waals surface area contributed by atoms with Crippen molar-refractivity contribution in [3.63, 3.8) is 0 Å². The van der Waals surface area contributed by atoms with Gasteiger partial charge in [0.15, 0.2) is 0 Å². The molecule has 0 bridgehead atoms. The van der Waals surface area contributed by atoms with Gasteiger partial charge in [-0.05, 0) is 86.5 Å². The molecule has 0 amide bonds. The Bertz CT molecular complexity index is 1890. The van der Waals surface area contributed by atoms with Crippen molar-refractivity contribution in [2.75, 3.05) is 0 Å². The molecule has 46 heavy (non-hydrogen) atoms. The van der Waals surface area contributed by atoms with E-state index < -0.39 is 20.4 Å². The second-order valence-corrected chi connectivity index (χ2v) is 16.8. The van der Waals surface area contributed by atoms with Gasteiger partial charge in [-0.3, -0.25) is 0 Å². The van der Waals surface area contributed by atoms with E-state index in [0.29, 0.717) is 0 Å². The molecule has 0 aromatic heterocycles. The Hall–Kier alpha value is -4.42. The maximum absolute atomic E-state index is 14.4. The molecule has 0 atom stereocenters. The smallest absolute Gasteiger partial charge is 0.203 e. The van der Waals surface area contributed by atoms with Gasteiger partial charge in [-0.25, -0.2) is 3.63 Å². The van der Waals surface area contributed by atoms with Crippen LogP contribution in [0.25, 0.3) is 0 Å². The van der Waals surface area contributed by atoms with Crippen LogP contribution in [-0.4, -0.2) is 8.42 Å². The largest absolute Gasteiger partial charge is 0.307 e. The van der Waals surface area contributed by atoms with E-state index in [9.17, 15) is 8.42 Å². The maximum Gasteiger partial charge on any atom is 0.307 e. The molecule has 5 heteroatoms. The maximum atomic E-state index is 14.4. The zero-order valence-electron chi connectivity index (χ0n) is 26.3. The summed E-state index contributed by atoms with van der Waals surface area (Å²) in [7, 11) is -6.94. The summed E-state index contributed by atoms with van der Waals surface area (Å²) in [5.41, 5.74) is 4.38. The molecule has 0 spiro atoms. The zero-order valence-corrected chi connectivity index (χ0v) is 27.9. The molecule has 6 rings (SSSR count). The fourth-order valence-corrected chi connectivity index (χ4v) is 11.0. The summed E-state index contributed by atoms with van der Waals surface area (Å²) < 4.78 is 35.4. The van der Waals surface area contributed by atoms with Crippen LogP contribution in [0.4, 0.5) is 0 Å². The second kappa shape index (κ2) is 13.1. The first kappa shape index (κ1) is 31.6. The summed E-state index contributed by atoms with van der Waals surface area (Å²) >= 11 is 0. The fourth-order valence-electron chi connectivity index (χ4n) is 5.77. The van der Waals surface area contributed by atoms with E-state index >= 15 is 0 Å². The minimum Gasteiger partial charge on any atom is -0.203 e. The van der Waals surface area contributed by atoms with Gasteiger partial charge in [-0.2, -0.15) is 8.42 Å². The molecule has 0 fully saturated rings. The highest BCUT2D eigenvalue weighted by molar-refractivity contribution is 8.33. The summed E-state index contributed by atoms with van der Waals surface area (Å²) in [5.74, 6) is -0.0419. The van der Waals surface area contributed by atoms with Gasteiger partial charge in [0.2, 0.25) is 0 Å². The molecule has 0 aliphatic carbocycles. The Balaban J connectivity index is 1.46. The SMILES string of the molecule is CC(C)(C)c1ccc(S(OS(=O)(=O)c2ccc(C(c3ccccc3)c3ccccc3)cc2)(c2ccccc2)c2ccccc2)cc1. The van der Waals surface area contributed by atoms with Crippen molar-refractivity contribution in [1.82, 2.24) is 0 Å². The summed E-state index contributed by atoms with van der Waals surface area (Å²) in [6, 6.07) is 55.4. The lowest BCUT2D eigenvalue weighted by Gasteiger charge is -2.39. The molecule has 3 nitrogen and oxygen atoms in total. The summed E-state index contributed by atoms with van der Waals surface area (Å²) in [4.78, 5) is 2.54. The Labute approximate surface area is 275 Å². The molecule has 232 valence electrons. The molecule has 0 saturated carbocycles. The molecule has 0 aliphatic rings. The average molecular weight is 643 g/mol. The Morgan fingerprint density at radius 2 is 0.783 bits per heavy atom.